The van der Waals surface area contributed by atoms with Gasteiger partial charge in [0.25, 0.3) is 0 Å². The molecule has 1 aromatic heterocycles. The summed E-state index contributed by atoms with van der Waals surface area (Å²) >= 11 is 0. The Labute approximate surface area is 112 Å². The van der Waals surface area contributed by atoms with E-state index in [1.165, 1.54) is 0 Å². The number of nitrogens with zero attached hydrogens (tertiary/aromatic N) is 3. The van der Waals surface area contributed by atoms with Crippen molar-refractivity contribution in [2.45, 2.75) is 25.7 Å². The molecule has 1 saturated heterocycles. The Balaban J connectivity index is 1.69. The number of aryl methyl sites for hydroxylation is 1. The number of likely N-dealkylation sites (tertiary alicyclic amines) is 1. The molecule has 19 heavy (non-hydrogen) atoms. The number of carbonyl (C=O) groups excluding carboxylic acids is 2. The second kappa shape index (κ2) is 6.36. The first kappa shape index (κ1) is 13.6. The van der Waals surface area contributed by atoms with Crippen LogP contribution in [0.3, 0.4) is 0 Å². The first-order valence-electron chi connectivity index (χ1n) is 6.57. The number of carbonyl (C=O) groups is 2. The predicted molar refractivity (Wildman–Crippen MR) is 68.3 cm³/mol. The van der Waals surface area contributed by atoms with Crippen molar-refractivity contribution in [1.29, 1.82) is 0 Å². The molecule has 1 aromatic rings. The number of piperidine rings is 1. The Kier molecular flexibility index (Phi) is 4.54. The van der Waals surface area contributed by atoms with Crippen LogP contribution in [0.5, 0.6) is 0 Å². The summed E-state index contributed by atoms with van der Waals surface area (Å²) < 4.78 is 6.80. The minimum atomic E-state index is -0.284. The maximum atomic E-state index is 11.6. The van der Waals surface area contributed by atoms with Crippen molar-refractivity contribution in [2.24, 2.45) is 7.05 Å². The van der Waals surface area contributed by atoms with Crippen molar-refractivity contribution >= 4 is 11.9 Å². The maximum absolute atomic E-state index is 11.6. The molecule has 0 N–H and O–H groups in total. The molecule has 0 unspecified atom stereocenters. The number of amides is 1. The summed E-state index contributed by atoms with van der Waals surface area (Å²) in [5.74, 6) is -0.123. The number of hydrogen-bond acceptors (Lipinski definition) is 4. The van der Waals surface area contributed by atoms with Gasteiger partial charge in [0.1, 0.15) is 6.61 Å². The summed E-state index contributed by atoms with van der Waals surface area (Å²) in [6.07, 6.45) is 4.48. The third-order valence-corrected chi connectivity index (χ3v) is 3.29. The quantitative estimate of drug-likeness (QED) is 0.728. The lowest BCUT2D eigenvalue weighted by Gasteiger charge is -2.26. The van der Waals surface area contributed by atoms with Crippen LogP contribution in [0.15, 0.2) is 12.3 Å². The molecule has 2 rings (SSSR count). The number of rotatable bonds is 5. The van der Waals surface area contributed by atoms with Crippen molar-refractivity contribution in [3.63, 3.8) is 0 Å². The zero-order chi connectivity index (χ0) is 13.7. The minimum absolute atomic E-state index is 0.161. The van der Waals surface area contributed by atoms with Crippen molar-refractivity contribution in [3.8, 4) is 0 Å². The summed E-state index contributed by atoms with van der Waals surface area (Å²) in [5.41, 5.74) is 0.819. The van der Waals surface area contributed by atoms with Crippen molar-refractivity contribution < 1.29 is 14.3 Å². The van der Waals surface area contributed by atoms with Crippen LogP contribution < -0.4 is 0 Å². The van der Waals surface area contributed by atoms with Gasteiger partial charge in [-0.3, -0.25) is 14.3 Å². The number of aromatic nitrogens is 2. The van der Waals surface area contributed by atoms with E-state index in [4.69, 9.17) is 4.74 Å². The van der Waals surface area contributed by atoms with Crippen molar-refractivity contribution in [2.75, 3.05) is 19.7 Å². The highest BCUT2D eigenvalue weighted by molar-refractivity contribution is 5.77. The van der Waals surface area contributed by atoms with Gasteiger partial charge >= 0.3 is 5.97 Å². The standard InChI is InChI=1S/C13H19N3O3/c1-15-11(5-6-14-15)10-13(18)19-9-8-16-7-3-2-4-12(16)17/h5-6H,2-4,7-10H2,1H3. The fourth-order valence-corrected chi connectivity index (χ4v) is 2.14. The van der Waals surface area contributed by atoms with E-state index < -0.39 is 0 Å². The van der Waals surface area contributed by atoms with Gasteiger partial charge in [-0.2, -0.15) is 5.10 Å². The highest BCUT2D eigenvalue weighted by Gasteiger charge is 2.18. The number of hydrogen-bond donors (Lipinski definition) is 0. The van der Waals surface area contributed by atoms with Crippen LogP contribution in [0.4, 0.5) is 0 Å². The third kappa shape index (κ3) is 3.81. The Morgan fingerprint density at radius 1 is 1.47 bits per heavy atom. The van der Waals surface area contributed by atoms with E-state index in [0.717, 1.165) is 25.1 Å². The average molecular weight is 265 g/mol. The largest absolute Gasteiger partial charge is 0.464 e. The van der Waals surface area contributed by atoms with E-state index in [1.807, 2.05) is 0 Å². The summed E-state index contributed by atoms with van der Waals surface area (Å²) in [7, 11) is 1.79. The highest BCUT2D eigenvalue weighted by atomic mass is 16.5. The van der Waals surface area contributed by atoms with Gasteiger partial charge in [0.2, 0.25) is 5.91 Å². The van der Waals surface area contributed by atoms with Gasteiger partial charge in [-0.1, -0.05) is 0 Å². The molecule has 6 nitrogen and oxygen atoms in total. The zero-order valence-electron chi connectivity index (χ0n) is 11.2. The van der Waals surface area contributed by atoms with Crippen LogP contribution >= 0.6 is 0 Å². The van der Waals surface area contributed by atoms with Gasteiger partial charge in [0.05, 0.1) is 13.0 Å². The Morgan fingerprint density at radius 2 is 2.32 bits per heavy atom. The smallest absolute Gasteiger partial charge is 0.311 e. The van der Waals surface area contributed by atoms with E-state index in [-0.39, 0.29) is 24.9 Å². The van der Waals surface area contributed by atoms with Crippen LogP contribution in [-0.4, -0.2) is 46.3 Å². The fraction of sp³-hybridized carbons (Fsp3) is 0.615. The van der Waals surface area contributed by atoms with Crippen LogP contribution in [0.2, 0.25) is 0 Å². The fourth-order valence-electron chi connectivity index (χ4n) is 2.14. The molecule has 0 bridgehead atoms. The van der Waals surface area contributed by atoms with E-state index in [2.05, 4.69) is 5.10 Å². The minimum Gasteiger partial charge on any atom is -0.464 e. The Hall–Kier alpha value is -1.85. The molecule has 0 atom stereocenters. The van der Waals surface area contributed by atoms with Gasteiger partial charge in [-0.05, 0) is 18.9 Å². The Morgan fingerprint density at radius 3 is 3.00 bits per heavy atom. The summed E-state index contributed by atoms with van der Waals surface area (Å²) in [5, 5.41) is 3.99. The second-order valence-corrected chi connectivity index (χ2v) is 4.68. The molecule has 2 heterocycles. The lowest BCUT2D eigenvalue weighted by atomic mass is 10.1. The molecule has 1 aliphatic heterocycles. The van der Waals surface area contributed by atoms with Crippen molar-refractivity contribution in [3.05, 3.63) is 18.0 Å². The first-order valence-corrected chi connectivity index (χ1v) is 6.57. The van der Waals surface area contributed by atoms with Gasteiger partial charge < -0.3 is 9.64 Å². The lowest BCUT2D eigenvalue weighted by Crippen LogP contribution is -2.38. The molecule has 0 saturated carbocycles. The molecule has 1 aliphatic rings. The molecule has 0 aromatic carbocycles. The topological polar surface area (TPSA) is 64.4 Å². The van der Waals surface area contributed by atoms with E-state index in [1.54, 1.807) is 28.9 Å². The molecule has 0 radical (unpaired) electrons. The lowest BCUT2D eigenvalue weighted by molar-refractivity contribution is -0.145. The summed E-state index contributed by atoms with van der Waals surface area (Å²) in [4.78, 5) is 24.9. The van der Waals surface area contributed by atoms with Gasteiger partial charge in [0, 0.05) is 31.9 Å². The molecule has 0 aliphatic carbocycles. The maximum Gasteiger partial charge on any atom is 0.311 e. The van der Waals surface area contributed by atoms with Gasteiger partial charge in [-0.25, -0.2) is 0 Å². The van der Waals surface area contributed by atoms with Crippen LogP contribution in [0.25, 0.3) is 0 Å². The van der Waals surface area contributed by atoms with Crippen LogP contribution in [0, 0.1) is 0 Å². The molecular weight excluding hydrogens is 246 g/mol. The zero-order valence-corrected chi connectivity index (χ0v) is 11.2. The average Bonchev–Trinajstić information content (AvgIpc) is 2.77. The monoisotopic (exact) mass is 265 g/mol. The highest BCUT2D eigenvalue weighted by Crippen LogP contribution is 2.09. The first-order chi connectivity index (χ1) is 9.16. The van der Waals surface area contributed by atoms with Gasteiger partial charge in [0.15, 0.2) is 0 Å². The summed E-state index contributed by atoms with van der Waals surface area (Å²) in [6, 6.07) is 1.79. The predicted octanol–water partition coefficient (Wildman–Crippen LogP) is 0.518. The van der Waals surface area contributed by atoms with Crippen LogP contribution in [-0.2, 0) is 27.8 Å². The molecule has 6 heteroatoms. The second-order valence-electron chi connectivity index (χ2n) is 4.68. The number of ether oxygens (including phenoxy) is 1. The Bertz CT molecular complexity index is 456. The van der Waals surface area contributed by atoms with Gasteiger partial charge in [-0.15, -0.1) is 0 Å². The van der Waals surface area contributed by atoms with Crippen molar-refractivity contribution in [1.82, 2.24) is 14.7 Å². The molecule has 104 valence electrons. The molecular formula is C13H19N3O3. The molecule has 0 spiro atoms. The SMILES string of the molecule is Cn1nccc1CC(=O)OCCN1CCCCC1=O. The molecule has 1 fully saturated rings. The normalized spacial score (nSPS) is 15.6. The van der Waals surface area contributed by atoms with Crippen LogP contribution in [0.1, 0.15) is 25.0 Å². The van der Waals surface area contributed by atoms with E-state index in [9.17, 15) is 9.59 Å². The van der Waals surface area contributed by atoms with E-state index in [0.29, 0.717) is 13.0 Å². The number of esters is 1. The van der Waals surface area contributed by atoms with E-state index >= 15 is 0 Å². The third-order valence-electron chi connectivity index (χ3n) is 3.29. The summed E-state index contributed by atoms with van der Waals surface area (Å²) in [6.45, 7) is 1.54. The molecule has 1 amide bonds.